The summed E-state index contributed by atoms with van der Waals surface area (Å²) in [6.07, 6.45) is 2.15. The third-order valence-electron chi connectivity index (χ3n) is 8.87. The van der Waals surface area contributed by atoms with E-state index >= 15 is 4.39 Å². The van der Waals surface area contributed by atoms with Crippen molar-refractivity contribution in [3.63, 3.8) is 0 Å². The van der Waals surface area contributed by atoms with Gasteiger partial charge in [-0.3, -0.25) is 14.4 Å². The van der Waals surface area contributed by atoms with Crippen molar-refractivity contribution in [1.82, 2.24) is 9.88 Å². The summed E-state index contributed by atoms with van der Waals surface area (Å²) < 4.78 is 23.3. The number of nitrogens with one attached hydrogen (secondary N) is 1. The summed E-state index contributed by atoms with van der Waals surface area (Å²) in [5, 5.41) is 14.0. The Kier molecular flexibility index (Phi) is 6.09. The lowest BCUT2D eigenvalue weighted by atomic mass is 9.75. The number of carbonyl (C=O) groups is 2. The molecule has 2 N–H and O–H groups in total. The fourth-order valence-electron chi connectivity index (χ4n) is 7.22. The van der Waals surface area contributed by atoms with Crippen molar-refractivity contribution in [2.45, 2.75) is 90.5 Å². The number of rotatable bonds is 4. The molecule has 1 amide bonds. The van der Waals surface area contributed by atoms with Crippen molar-refractivity contribution in [3.8, 4) is 11.3 Å². The number of amides is 1. The van der Waals surface area contributed by atoms with E-state index in [1.165, 1.54) is 6.07 Å². The second-order valence-corrected chi connectivity index (χ2v) is 12.3. The van der Waals surface area contributed by atoms with Crippen molar-refractivity contribution in [1.29, 1.82) is 0 Å². The molecule has 8 heteroatoms. The van der Waals surface area contributed by atoms with Gasteiger partial charge in [-0.1, -0.05) is 6.92 Å². The summed E-state index contributed by atoms with van der Waals surface area (Å²) in [5.74, 6) is -0.796. The number of benzene rings is 2. The molecule has 2 heterocycles. The quantitative estimate of drug-likeness (QED) is 0.393. The molecule has 3 aliphatic rings. The van der Waals surface area contributed by atoms with E-state index in [-0.39, 0.29) is 29.6 Å². The number of halogens is 1. The number of aliphatic hydroxyl groups excluding tert-OH is 1. The lowest BCUT2D eigenvalue weighted by Crippen LogP contribution is -2.48. The number of aromatic nitrogens is 1. The predicted molar refractivity (Wildman–Crippen MR) is 150 cm³/mol. The highest BCUT2D eigenvalue weighted by Gasteiger charge is 2.48. The maximum Gasteiger partial charge on any atom is 0.254 e. The zero-order valence-corrected chi connectivity index (χ0v) is 23.7. The Labute approximate surface area is 232 Å². The molecule has 7 nitrogen and oxygen atoms in total. The second-order valence-electron chi connectivity index (χ2n) is 12.3. The minimum atomic E-state index is -1.22. The fraction of sp³-hybridized carbons (Fsp3) is 0.469. The molecule has 1 aliphatic heterocycles. The molecular formula is C32H35FN2O5. The SMILES string of the molecule is CC[C@@]1(OC(C)(C)C)C(=O)CCc2c1cc1n(c2=O)Cc2c-1cc1cc(F)c(C)c3c1c2[C@@H](NC(=O)CO)CC3. The van der Waals surface area contributed by atoms with Gasteiger partial charge in [0.25, 0.3) is 5.56 Å². The molecule has 2 aliphatic carbocycles. The molecule has 0 unspecified atom stereocenters. The van der Waals surface area contributed by atoms with Crippen molar-refractivity contribution in [3.05, 3.63) is 67.8 Å². The van der Waals surface area contributed by atoms with E-state index in [9.17, 15) is 19.5 Å². The Balaban J connectivity index is 1.65. The van der Waals surface area contributed by atoms with Crippen molar-refractivity contribution in [2.24, 2.45) is 0 Å². The van der Waals surface area contributed by atoms with Gasteiger partial charge in [-0.15, -0.1) is 0 Å². The third kappa shape index (κ3) is 3.79. The van der Waals surface area contributed by atoms with Gasteiger partial charge in [0, 0.05) is 23.1 Å². The van der Waals surface area contributed by atoms with Gasteiger partial charge >= 0.3 is 0 Å². The molecular weight excluding hydrogens is 511 g/mol. The van der Waals surface area contributed by atoms with E-state index in [1.807, 2.05) is 39.8 Å². The molecule has 0 fully saturated rings. The monoisotopic (exact) mass is 546 g/mol. The average Bonchev–Trinajstić information content (AvgIpc) is 3.27. The highest BCUT2D eigenvalue weighted by atomic mass is 19.1. The summed E-state index contributed by atoms with van der Waals surface area (Å²) >= 11 is 0. The van der Waals surface area contributed by atoms with Crippen LogP contribution in [0.3, 0.4) is 0 Å². The van der Waals surface area contributed by atoms with Gasteiger partial charge in [-0.25, -0.2) is 4.39 Å². The lowest BCUT2D eigenvalue weighted by molar-refractivity contribution is -0.171. The van der Waals surface area contributed by atoms with Crippen LogP contribution in [0.25, 0.3) is 22.0 Å². The fourth-order valence-corrected chi connectivity index (χ4v) is 7.22. The van der Waals surface area contributed by atoms with Crippen LogP contribution in [0.15, 0.2) is 23.0 Å². The first-order chi connectivity index (χ1) is 18.9. The Morgan fingerprint density at radius 2 is 1.90 bits per heavy atom. The van der Waals surface area contributed by atoms with Crippen LogP contribution in [-0.2, 0) is 39.3 Å². The summed E-state index contributed by atoms with van der Waals surface area (Å²) in [7, 11) is 0. The molecule has 0 radical (unpaired) electrons. The van der Waals surface area contributed by atoms with Crippen LogP contribution < -0.4 is 10.9 Å². The van der Waals surface area contributed by atoms with Gasteiger partial charge in [0.2, 0.25) is 5.91 Å². The summed E-state index contributed by atoms with van der Waals surface area (Å²) in [5.41, 5.74) is 4.01. The van der Waals surface area contributed by atoms with Crippen molar-refractivity contribution in [2.75, 3.05) is 6.61 Å². The number of hydrogen-bond acceptors (Lipinski definition) is 5. The van der Waals surface area contributed by atoms with Crippen LogP contribution in [0.1, 0.15) is 86.4 Å². The van der Waals surface area contributed by atoms with Crippen LogP contribution in [-0.4, -0.2) is 33.6 Å². The molecule has 0 saturated carbocycles. The van der Waals surface area contributed by atoms with Crippen LogP contribution >= 0.6 is 0 Å². The molecule has 40 heavy (non-hydrogen) atoms. The predicted octanol–water partition coefficient (Wildman–Crippen LogP) is 4.51. The lowest BCUT2D eigenvalue weighted by Gasteiger charge is -2.41. The van der Waals surface area contributed by atoms with E-state index in [4.69, 9.17) is 4.74 Å². The molecule has 6 rings (SSSR count). The van der Waals surface area contributed by atoms with Gasteiger partial charge in [0.05, 0.1) is 23.9 Å². The highest BCUT2D eigenvalue weighted by molar-refractivity contribution is 5.98. The van der Waals surface area contributed by atoms with Crippen LogP contribution in [0.2, 0.25) is 0 Å². The van der Waals surface area contributed by atoms with Gasteiger partial charge in [0.1, 0.15) is 12.4 Å². The van der Waals surface area contributed by atoms with Gasteiger partial charge in [-0.2, -0.15) is 0 Å². The smallest absolute Gasteiger partial charge is 0.254 e. The minimum absolute atomic E-state index is 0.0254. The first-order valence-electron chi connectivity index (χ1n) is 14.1. The normalized spacial score (nSPS) is 21.3. The molecule has 0 spiro atoms. The Morgan fingerprint density at radius 1 is 1.15 bits per heavy atom. The van der Waals surface area contributed by atoms with Crippen molar-refractivity contribution < 1.29 is 23.8 Å². The molecule has 2 aromatic carbocycles. The molecule has 0 saturated heterocycles. The average molecular weight is 547 g/mol. The van der Waals surface area contributed by atoms with Crippen molar-refractivity contribution >= 4 is 22.5 Å². The number of fused-ring (bicyclic) bond motifs is 5. The van der Waals surface area contributed by atoms with E-state index in [1.54, 1.807) is 11.5 Å². The number of carbonyl (C=O) groups excluding carboxylic acids is 2. The van der Waals surface area contributed by atoms with Crippen LogP contribution in [0.5, 0.6) is 0 Å². The first-order valence-corrected chi connectivity index (χ1v) is 14.1. The number of ketones is 1. The van der Waals surface area contributed by atoms with Gasteiger partial charge in [-0.05, 0) is 105 Å². The maximum atomic E-state index is 15.1. The number of nitrogens with zero attached hydrogens (tertiary/aromatic N) is 1. The summed E-state index contributed by atoms with van der Waals surface area (Å²) in [6.45, 7) is 9.11. The number of Topliss-reactive ketones (excluding diaryl/α,β-unsaturated/α-hetero) is 1. The minimum Gasteiger partial charge on any atom is -0.387 e. The van der Waals surface area contributed by atoms with Crippen LogP contribution in [0, 0.1) is 12.7 Å². The Bertz CT molecular complexity index is 1680. The van der Waals surface area contributed by atoms with E-state index in [2.05, 4.69) is 5.32 Å². The number of aliphatic hydroxyl groups is 1. The Hall–Kier alpha value is -3.36. The molecule has 210 valence electrons. The van der Waals surface area contributed by atoms with Gasteiger partial charge in [0.15, 0.2) is 11.4 Å². The third-order valence-corrected chi connectivity index (χ3v) is 8.87. The summed E-state index contributed by atoms with van der Waals surface area (Å²) in [4.78, 5) is 39.8. The van der Waals surface area contributed by atoms with Crippen LogP contribution in [0.4, 0.5) is 4.39 Å². The topological polar surface area (TPSA) is 97.6 Å². The van der Waals surface area contributed by atoms with E-state index in [0.717, 1.165) is 27.6 Å². The number of pyridine rings is 1. The molecule has 2 atom stereocenters. The highest BCUT2D eigenvalue weighted by Crippen LogP contribution is 2.48. The Morgan fingerprint density at radius 3 is 2.58 bits per heavy atom. The van der Waals surface area contributed by atoms with E-state index in [0.29, 0.717) is 60.0 Å². The zero-order valence-electron chi connectivity index (χ0n) is 23.7. The second kappa shape index (κ2) is 9.08. The number of hydrogen-bond donors (Lipinski definition) is 2. The largest absolute Gasteiger partial charge is 0.387 e. The standard InChI is InChI=1S/C32H35FN2O5/c1-6-32(40-31(3,4)5)22-13-25-20-11-17-12-23(33)16(2)18-7-9-24(34-27(38)15-36)29(28(17)18)21(20)14-35(25)30(39)19(22)8-10-26(32)37/h11-13,24,36H,6-10,14-15H2,1-5H3,(H,34,38)/t24-,32-/m0/s1. The number of ether oxygens (including phenoxy) is 1. The maximum absolute atomic E-state index is 15.1. The molecule has 3 aromatic rings. The summed E-state index contributed by atoms with van der Waals surface area (Å²) in [6, 6.07) is 5.01. The zero-order chi connectivity index (χ0) is 28.7. The van der Waals surface area contributed by atoms with Gasteiger partial charge < -0.3 is 19.7 Å². The molecule has 0 bridgehead atoms. The number of aryl methyl sites for hydroxylation is 1. The van der Waals surface area contributed by atoms with E-state index < -0.39 is 23.7 Å². The molecule has 1 aromatic heterocycles. The first kappa shape index (κ1) is 26.8.